The van der Waals surface area contributed by atoms with Crippen LogP contribution in [0.2, 0.25) is 0 Å². The van der Waals surface area contributed by atoms with Crippen molar-refractivity contribution in [2.75, 3.05) is 0 Å². The van der Waals surface area contributed by atoms with Crippen LogP contribution in [-0.2, 0) is 9.59 Å². The highest BCUT2D eigenvalue weighted by Crippen LogP contribution is 2.54. The van der Waals surface area contributed by atoms with Crippen LogP contribution in [0, 0.1) is 0 Å². The zero-order chi connectivity index (χ0) is 16.0. The van der Waals surface area contributed by atoms with Gasteiger partial charge in [-0.15, -0.1) is 22.7 Å². The first-order valence-electron chi connectivity index (χ1n) is 7.84. The fourth-order valence-electron chi connectivity index (χ4n) is 4.42. The maximum Gasteiger partial charge on any atom is 0.211 e. The first-order chi connectivity index (χ1) is 11.8. The number of fused-ring (bicyclic) bond motifs is 3. The molecule has 2 aromatic carbocycles. The lowest BCUT2D eigenvalue weighted by Crippen LogP contribution is -2.40. The molecule has 4 heteroatoms. The first kappa shape index (κ1) is 13.0. The van der Waals surface area contributed by atoms with Crippen LogP contribution >= 0.6 is 22.7 Å². The van der Waals surface area contributed by atoms with E-state index < -0.39 is 11.8 Å². The number of ketones is 2. The molecule has 7 rings (SSSR count). The van der Waals surface area contributed by atoms with Gasteiger partial charge in [0.05, 0.1) is 11.8 Å². The molecule has 0 saturated carbocycles. The monoisotopic (exact) mass is 346 g/mol. The Hall–Kier alpha value is -2.30. The van der Waals surface area contributed by atoms with E-state index >= 15 is 0 Å². The molecule has 0 spiro atoms. The molecule has 4 aromatic rings. The zero-order valence-electron chi connectivity index (χ0n) is 12.4. The number of hydrogen-bond acceptors (Lipinski definition) is 4. The van der Waals surface area contributed by atoms with Gasteiger partial charge in [-0.1, -0.05) is 18.2 Å². The fraction of sp³-hybridized carbons (Fsp3) is 0.100. The Morgan fingerprint density at radius 1 is 0.708 bits per heavy atom. The van der Waals surface area contributed by atoms with E-state index in [9.17, 15) is 9.59 Å². The third kappa shape index (κ3) is 1.34. The lowest BCUT2D eigenvalue weighted by molar-refractivity contribution is -0.138. The Labute approximate surface area is 145 Å². The average molecular weight is 346 g/mol. The van der Waals surface area contributed by atoms with Crippen molar-refractivity contribution in [3.05, 3.63) is 69.4 Å². The van der Waals surface area contributed by atoms with Gasteiger partial charge in [0.15, 0.2) is 0 Å². The molecule has 2 nitrogen and oxygen atoms in total. The lowest BCUT2D eigenvalue weighted by Gasteiger charge is -2.38. The van der Waals surface area contributed by atoms with Crippen molar-refractivity contribution < 1.29 is 9.59 Å². The van der Waals surface area contributed by atoms with Gasteiger partial charge in [-0.3, -0.25) is 9.59 Å². The molecule has 2 heterocycles. The van der Waals surface area contributed by atoms with Crippen LogP contribution in [0.4, 0.5) is 0 Å². The molecule has 0 fully saturated rings. The first-order valence-corrected chi connectivity index (χ1v) is 9.59. The van der Waals surface area contributed by atoms with Crippen LogP contribution in [0.25, 0.3) is 20.2 Å². The van der Waals surface area contributed by atoms with Crippen molar-refractivity contribution in [3.63, 3.8) is 0 Å². The van der Waals surface area contributed by atoms with Crippen molar-refractivity contribution in [2.24, 2.45) is 0 Å². The summed E-state index contributed by atoms with van der Waals surface area (Å²) in [6.45, 7) is 0. The van der Waals surface area contributed by atoms with Gasteiger partial charge in [0, 0.05) is 9.40 Å². The molecule has 2 atom stereocenters. The molecule has 2 aromatic heterocycles. The number of thiophene rings is 2. The molecule has 2 unspecified atom stereocenters. The summed E-state index contributed by atoms with van der Waals surface area (Å²) < 4.78 is 2.33. The highest BCUT2D eigenvalue weighted by molar-refractivity contribution is 7.17. The van der Waals surface area contributed by atoms with Crippen LogP contribution in [0.15, 0.2) is 47.2 Å². The quantitative estimate of drug-likeness (QED) is 0.427. The van der Waals surface area contributed by atoms with Gasteiger partial charge in [0.2, 0.25) is 11.6 Å². The summed E-state index contributed by atoms with van der Waals surface area (Å²) in [6.07, 6.45) is 0. The molecule has 0 saturated heterocycles. The average Bonchev–Trinajstić information content (AvgIpc) is 3.25. The second kappa shape index (κ2) is 4.21. The van der Waals surface area contributed by atoms with Gasteiger partial charge in [-0.05, 0) is 62.0 Å². The predicted octanol–water partition coefficient (Wildman–Crippen LogP) is 4.85. The van der Waals surface area contributed by atoms with Crippen LogP contribution in [0.3, 0.4) is 0 Å². The van der Waals surface area contributed by atoms with Gasteiger partial charge in [0.25, 0.3) is 0 Å². The number of carbonyl (C=O) groups is 2. The summed E-state index contributed by atoms with van der Waals surface area (Å²) >= 11 is 3.34. The number of Topliss-reactive ketones (excluding diaryl/α,β-unsaturated/α-hetero) is 2. The lowest BCUT2D eigenvalue weighted by atomic mass is 9.62. The summed E-state index contributed by atoms with van der Waals surface area (Å²) in [4.78, 5) is 25.6. The molecular weight excluding hydrogens is 336 g/mol. The highest BCUT2D eigenvalue weighted by Gasteiger charge is 2.50. The summed E-state index contributed by atoms with van der Waals surface area (Å²) in [5.74, 6) is -1.35. The van der Waals surface area contributed by atoms with E-state index in [0.29, 0.717) is 0 Å². The maximum atomic E-state index is 12.8. The molecule has 24 heavy (non-hydrogen) atoms. The largest absolute Gasteiger partial charge is 0.290 e. The van der Waals surface area contributed by atoms with Gasteiger partial charge < -0.3 is 0 Å². The van der Waals surface area contributed by atoms with Gasteiger partial charge in [0.1, 0.15) is 0 Å². The standard InChI is InChI=1S/C20H10O2S2/c21-18-15-12-2-1-9-5-7-24-20(9)17(12)16(19(18)22)11-3-4-13-10(14(11)15)6-8-23-13/h1-8,15-16H. The van der Waals surface area contributed by atoms with Crippen molar-refractivity contribution in [2.45, 2.75) is 11.8 Å². The maximum absolute atomic E-state index is 12.8. The molecule has 3 aliphatic carbocycles. The molecule has 0 radical (unpaired) electrons. The topological polar surface area (TPSA) is 34.1 Å². The minimum Gasteiger partial charge on any atom is -0.290 e. The number of rotatable bonds is 0. The highest BCUT2D eigenvalue weighted by atomic mass is 32.1. The van der Waals surface area contributed by atoms with Crippen LogP contribution in [0.1, 0.15) is 34.1 Å². The third-order valence-corrected chi connectivity index (χ3v) is 7.22. The molecule has 0 amide bonds. The Morgan fingerprint density at radius 2 is 1.42 bits per heavy atom. The molecule has 0 aliphatic heterocycles. The summed E-state index contributed by atoms with van der Waals surface area (Å²) in [5, 5.41) is 6.40. The van der Waals surface area contributed by atoms with E-state index in [0.717, 1.165) is 37.7 Å². The SMILES string of the molecule is O=C1C(=O)C2c3ccc4sccc4c3C1c1ccc3ccsc3c12. The zero-order valence-corrected chi connectivity index (χ0v) is 14.0. The van der Waals surface area contributed by atoms with E-state index in [1.165, 1.54) is 4.70 Å². The Balaban J connectivity index is 1.82. The van der Waals surface area contributed by atoms with Gasteiger partial charge in [-0.2, -0.15) is 0 Å². The third-order valence-electron chi connectivity index (χ3n) is 5.37. The van der Waals surface area contributed by atoms with Crippen molar-refractivity contribution in [1.82, 2.24) is 0 Å². The predicted molar refractivity (Wildman–Crippen MR) is 97.4 cm³/mol. The fourth-order valence-corrected chi connectivity index (χ4v) is 6.20. The minimum atomic E-state index is -0.433. The Bertz CT molecular complexity index is 1120. The van der Waals surface area contributed by atoms with Crippen molar-refractivity contribution in [3.8, 4) is 0 Å². The smallest absolute Gasteiger partial charge is 0.211 e. The molecule has 0 N–H and O–H groups in total. The number of carbonyl (C=O) groups excluding carboxylic acids is 2. The normalized spacial score (nSPS) is 21.5. The second-order valence-electron chi connectivity index (χ2n) is 6.40. The Kier molecular flexibility index (Phi) is 2.29. The van der Waals surface area contributed by atoms with E-state index in [1.54, 1.807) is 22.7 Å². The van der Waals surface area contributed by atoms with Crippen molar-refractivity contribution >= 4 is 54.4 Å². The van der Waals surface area contributed by atoms with E-state index in [1.807, 2.05) is 0 Å². The number of benzene rings is 2. The van der Waals surface area contributed by atoms with Crippen LogP contribution < -0.4 is 0 Å². The van der Waals surface area contributed by atoms with E-state index in [4.69, 9.17) is 0 Å². The second-order valence-corrected chi connectivity index (χ2v) is 8.27. The molecular formula is C20H10O2S2. The van der Waals surface area contributed by atoms with Crippen LogP contribution in [0.5, 0.6) is 0 Å². The summed E-state index contributed by atoms with van der Waals surface area (Å²) in [5.41, 5.74) is 4.19. The Morgan fingerprint density at radius 3 is 2.29 bits per heavy atom. The van der Waals surface area contributed by atoms with Crippen molar-refractivity contribution in [1.29, 1.82) is 0 Å². The molecule has 2 bridgehead atoms. The minimum absolute atomic E-state index is 0.240. The van der Waals surface area contributed by atoms with Gasteiger partial charge >= 0.3 is 0 Å². The van der Waals surface area contributed by atoms with Gasteiger partial charge in [-0.25, -0.2) is 0 Å². The van der Waals surface area contributed by atoms with E-state index in [-0.39, 0.29) is 11.6 Å². The summed E-state index contributed by atoms with van der Waals surface area (Å²) in [7, 11) is 0. The van der Waals surface area contributed by atoms with E-state index in [2.05, 4.69) is 47.2 Å². The number of hydrogen-bond donors (Lipinski definition) is 0. The summed E-state index contributed by atoms with van der Waals surface area (Å²) in [6, 6.07) is 12.5. The van der Waals surface area contributed by atoms with Crippen LogP contribution in [-0.4, -0.2) is 11.6 Å². The molecule has 114 valence electrons. The molecule has 3 aliphatic rings.